The third kappa shape index (κ3) is 5.71. The van der Waals surface area contributed by atoms with Gasteiger partial charge in [0, 0.05) is 55.8 Å². The van der Waals surface area contributed by atoms with Gasteiger partial charge in [0.1, 0.15) is 5.82 Å². The summed E-state index contributed by atoms with van der Waals surface area (Å²) < 4.78 is 0. The van der Waals surface area contributed by atoms with E-state index < -0.39 is 0 Å². The summed E-state index contributed by atoms with van der Waals surface area (Å²) in [6.07, 6.45) is 12.5. The minimum Gasteiger partial charge on any atom is -0.357 e. The quantitative estimate of drug-likeness (QED) is 0.864. The number of carbonyl (C=O) groups is 1. The first-order chi connectivity index (χ1) is 11.2. The predicted octanol–water partition coefficient (Wildman–Crippen LogP) is 2.48. The number of nitrogens with zero attached hydrogens (tertiary/aromatic N) is 3. The van der Waals surface area contributed by atoms with Gasteiger partial charge in [0.2, 0.25) is 5.91 Å². The minimum absolute atomic E-state index is 0.0640. The molecule has 2 aliphatic rings. The third-order valence-corrected chi connectivity index (χ3v) is 3.56. The number of aliphatic imine (C=N–C) groups is 1. The third-order valence-electron chi connectivity index (χ3n) is 3.56. The fourth-order valence-corrected chi connectivity index (χ4v) is 2.45. The Kier molecular flexibility index (Phi) is 7.13. The van der Waals surface area contributed by atoms with Gasteiger partial charge >= 0.3 is 0 Å². The first kappa shape index (κ1) is 17.5. The highest BCUT2D eigenvalue weighted by Gasteiger charge is 2.12. The smallest absolute Gasteiger partial charge is 0.245 e. The normalized spacial score (nSPS) is 17.6. The van der Waals surface area contributed by atoms with Crippen molar-refractivity contribution in [3.8, 4) is 0 Å². The van der Waals surface area contributed by atoms with E-state index in [1.807, 2.05) is 30.8 Å². The van der Waals surface area contributed by atoms with E-state index in [-0.39, 0.29) is 5.91 Å². The van der Waals surface area contributed by atoms with Crippen LogP contribution in [0.25, 0.3) is 0 Å². The molecule has 1 amide bonds. The average Bonchev–Trinajstić information content (AvgIpc) is 3.09. The van der Waals surface area contributed by atoms with Gasteiger partial charge in [0.15, 0.2) is 0 Å². The van der Waals surface area contributed by atoms with Gasteiger partial charge in [-0.2, -0.15) is 11.8 Å². The lowest BCUT2D eigenvalue weighted by atomic mass is 10.2. The molecule has 0 radical (unpaired) electrons. The molecule has 1 aromatic rings. The number of carbonyl (C=O) groups excluding carboxylic acids is 1. The number of rotatable bonds is 3. The molecule has 0 saturated carbocycles. The van der Waals surface area contributed by atoms with Crippen LogP contribution in [0.1, 0.15) is 24.8 Å². The summed E-state index contributed by atoms with van der Waals surface area (Å²) in [6.45, 7) is 2.86. The van der Waals surface area contributed by atoms with Crippen LogP contribution < -0.4 is 10.2 Å². The second kappa shape index (κ2) is 9.35. The van der Waals surface area contributed by atoms with Crippen LogP contribution in [-0.2, 0) is 4.79 Å². The van der Waals surface area contributed by atoms with Crippen LogP contribution in [0.3, 0.4) is 0 Å². The maximum atomic E-state index is 11.2. The zero-order chi connectivity index (χ0) is 16.5. The fourth-order valence-electron chi connectivity index (χ4n) is 2.45. The molecule has 3 heterocycles. The molecule has 3 rings (SSSR count). The monoisotopic (exact) mass is 332 g/mol. The van der Waals surface area contributed by atoms with Crippen LogP contribution in [0.15, 0.2) is 35.1 Å². The number of aromatic nitrogens is 1. The Balaban J connectivity index is 0.000000595. The van der Waals surface area contributed by atoms with Crippen molar-refractivity contribution in [3.05, 3.63) is 35.7 Å². The summed E-state index contributed by atoms with van der Waals surface area (Å²) in [6, 6.07) is 4.06. The van der Waals surface area contributed by atoms with E-state index in [2.05, 4.69) is 20.2 Å². The first-order valence-corrected chi connectivity index (χ1v) is 9.50. The highest BCUT2D eigenvalue weighted by Crippen LogP contribution is 2.17. The molecular weight excluding hydrogens is 308 g/mol. The van der Waals surface area contributed by atoms with Crippen molar-refractivity contribution in [1.82, 2.24) is 10.3 Å². The van der Waals surface area contributed by atoms with Gasteiger partial charge in [-0.25, -0.2) is 4.98 Å². The van der Waals surface area contributed by atoms with E-state index in [0.717, 1.165) is 36.6 Å². The van der Waals surface area contributed by atoms with Gasteiger partial charge in [0.05, 0.1) is 0 Å². The molecule has 124 valence electrons. The fraction of sp³-hybridized carbons (Fsp3) is 0.471. The number of pyridine rings is 1. The Labute approximate surface area is 142 Å². The Bertz CT molecular complexity index is 562. The molecule has 1 saturated heterocycles. The molecule has 0 spiro atoms. The van der Waals surface area contributed by atoms with Gasteiger partial charge in [-0.3, -0.25) is 9.79 Å². The highest BCUT2D eigenvalue weighted by molar-refractivity contribution is 7.97. The maximum Gasteiger partial charge on any atom is 0.245 e. The molecule has 0 atom stereocenters. The van der Waals surface area contributed by atoms with Crippen molar-refractivity contribution < 1.29 is 4.79 Å². The van der Waals surface area contributed by atoms with E-state index in [1.165, 1.54) is 12.8 Å². The van der Waals surface area contributed by atoms with Crippen molar-refractivity contribution in [2.45, 2.75) is 19.3 Å². The molecule has 1 aromatic heterocycles. The predicted molar refractivity (Wildman–Crippen MR) is 98.4 cm³/mol. The van der Waals surface area contributed by atoms with Crippen LogP contribution in [-0.4, -0.2) is 49.3 Å². The van der Waals surface area contributed by atoms with E-state index in [0.29, 0.717) is 6.54 Å². The Morgan fingerprint density at radius 1 is 1.30 bits per heavy atom. The lowest BCUT2D eigenvalue weighted by Gasteiger charge is -2.15. The molecule has 1 N–H and O–H groups in total. The van der Waals surface area contributed by atoms with Crippen LogP contribution in [0, 0.1) is 0 Å². The zero-order valence-electron chi connectivity index (χ0n) is 13.8. The molecular formula is C17H24N4OS. The molecule has 5 nitrogen and oxygen atoms in total. The molecule has 0 unspecified atom stereocenters. The van der Waals surface area contributed by atoms with Crippen LogP contribution in [0.4, 0.5) is 5.82 Å². The number of amides is 1. The molecule has 0 aliphatic carbocycles. The summed E-state index contributed by atoms with van der Waals surface area (Å²) in [5, 5.41) is 2.74. The number of thioether (sulfide) groups is 1. The topological polar surface area (TPSA) is 57.6 Å². The SMILES string of the molecule is CSC.O=C1C=C(N=Cc2ccc(N3CCCC3)nc2)CCN1. The van der Waals surface area contributed by atoms with E-state index in [4.69, 9.17) is 0 Å². The van der Waals surface area contributed by atoms with Crippen molar-refractivity contribution in [1.29, 1.82) is 0 Å². The summed E-state index contributed by atoms with van der Waals surface area (Å²) >= 11 is 1.75. The van der Waals surface area contributed by atoms with E-state index in [1.54, 1.807) is 24.1 Å². The lowest BCUT2D eigenvalue weighted by Crippen LogP contribution is -2.26. The van der Waals surface area contributed by atoms with Crippen molar-refractivity contribution >= 4 is 29.7 Å². The summed E-state index contributed by atoms with van der Waals surface area (Å²) in [4.78, 5) is 22.3. The number of nitrogens with one attached hydrogen (secondary N) is 1. The van der Waals surface area contributed by atoms with Crippen molar-refractivity contribution in [2.24, 2.45) is 4.99 Å². The lowest BCUT2D eigenvalue weighted by molar-refractivity contribution is -0.116. The van der Waals surface area contributed by atoms with Gasteiger partial charge < -0.3 is 10.2 Å². The Morgan fingerprint density at radius 3 is 2.65 bits per heavy atom. The molecule has 0 bridgehead atoms. The summed E-state index contributed by atoms with van der Waals surface area (Å²) in [5.41, 5.74) is 1.78. The number of anilines is 1. The van der Waals surface area contributed by atoms with E-state index in [9.17, 15) is 4.79 Å². The van der Waals surface area contributed by atoms with Gasteiger partial charge in [-0.1, -0.05) is 0 Å². The van der Waals surface area contributed by atoms with Gasteiger partial charge in [-0.15, -0.1) is 0 Å². The van der Waals surface area contributed by atoms with Gasteiger partial charge in [-0.05, 0) is 37.5 Å². The zero-order valence-corrected chi connectivity index (χ0v) is 14.6. The molecule has 2 aliphatic heterocycles. The highest BCUT2D eigenvalue weighted by atomic mass is 32.2. The van der Waals surface area contributed by atoms with Gasteiger partial charge in [0.25, 0.3) is 0 Å². The number of hydrogen-bond donors (Lipinski definition) is 1. The number of hydrogen-bond acceptors (Lipinski definition) is 5. The standard InChI is InChI=1S/C15H18N4O.C2H6S/c20-15-9-13(5-6-16-15)17-10-12-3-4-14(18-11-12)19-7-1-2-8-19;1-3-2/h3-4,9-11H,1-2,5-8H2,(H,16,20);1-2H3. The average molecular weight is 332 g/mol. The minimum atomic E-state index is -0.0640. The molecule has 0 aromatic carbocycles. The van der Waals surface area contributed by atoms with Crippen LogP contribution in [0.5, 0.6) is 0 Å². The Morgan fingerprint density at radius 2 is 2.04 bits per heavy atom. The second-order valence-corrected chi connectivity index (χ2v) is 6.30. The molecule has 6 heteroatoms. The van der Waals surface area contributed by atoms with Crippen molar-refractivity contribution in [3.63, 3.8) is 0 Å². The van der Waals surface area contributed by atoms with Crippen molar-refractivity contribution in [2.75, 3.05) is 37.0 Å². The van der Waals surface area contributed by atoms with E-state index >= 15 is 0 Å². The second-order valence-electron chi connectivity index (χ2n) is 5.49. The van der Waals surface area contributed by atoms with Crippen LogP contribution >= 0.6 is 11.8 Å². The molecule has 23 heavy (non-hydrogen) atoms. The van der Waals surface area contributed by atoms with Crippen LogP contribution in [0.2, 0.25) is 0 Å². The summed E-state index contributed by atoms with van der Waals surface area (Å²) in [5.74, 6) is 0.974. The maximum absolute atomic E-state index is 11.2. The Hall–Kier alpha value is -1.82. The largest absolute Gasteiger partial charge is 0.357 e. The summed E-state index contributed by atoms with van der Waals surface area (Å²) in [7, 11) is 0. The molecule has 1 fully saturated rings. The first-order valence-electron chi connectivity index (χ1n) is 7.86.